The fourth-order valence-electron chi connectivity index (χ4n) is 1.98. The molecule has 74 valence electrons. The van der Waals surface area contributed by atoms with E-state index >= 15 is 0 Å². The monoisotopic (exact) mass is 253 g/mol. The number of carbonyl (C=O) groups excluding carboxylic acids is 1. The maximum Gasteiger partial charge on any atom is 0.210 e. The molecule has 1 aromatic carbocycles. The lowest BCUT2D eigenvalue weighted by molar-refractivity contribution is -0.118. The summed E-state index contributed by atoms with van der Waals surface area (Å²) in [5.41, 5.74) is 4.00. The summed E-state index contributed by atoms with van der Waals surface area (Å²) in [6, 6.07) is 4.24. The van der Waals surface area contributed by atoms with Crippen LogP contribution in [0.25, 0.3) is 0 Å². The summed E-state index contributed by atoms with van der Waals surface area (Å²) in [7, 11) is 0. The molecule has 0 bridgehead atoms. The highest BCUT2D eigenvalue weighted by molar-refractivity contribution is 9.10. The van der Waals surface area contributed by atoms with Crippen LogP contribution >= 0.6 is 15.9 Å². The minimum Gasteiger partial charge on any atom is -0.341 e. The maximum absolute atomic E-state index is 10.7. The van der Waals surface area contributed by atoms with Gasteiger partial charge in [-0.2, -0.15) is 0 Å². The lowest BCUT2D eigenvalue weighted by atomic mass is 9.96. The van der Waals surface area contributed by atoms with Gasteiger partial charge in [0.1, 0.15) is 0 Å². The molecule has 2 rings (SSSR count). The third-order valence-electron chi connectivity index (χ3n) is 2.70. The smallest absolute Gasteiger partial charge is 0.210 e. The quantitative estimate of drug-likeness (QED) is 0.704. The summed E-state index contributed by atoms with van der Waals surface area (Å²) < 4.78 is 1.10. The minimum absolute atomic E-state index is 0.749. The Bertz CT molecular complexity index is 376. The Morgan fingerprint density at radius 1 is 1.50 bits per heavy atom. The average Bonchev–Trinajstić information content (AvgIpc) is 2.16. The van der Waals surface area contributed by atoms with Crippen LogP contribution < -0.4 is 0 Å². The third kappa shape index (κ3) is 1.69. The molecule has 0 saturated heterocycles. The van der Waals surface area contributed by atoms with Gasteiger partial charge in [0.2, 0.25) is 6.41 Å². The van der Waals surface area contributed by atoms with Crippen LogP contribution in [0.4, 0.5) is 0 Å². The van der Waals surface area contributed by atoms with Crippen LogP contribution in [0.5, 0.6) is 0 Å². The van der Waals surface area contributed by atoms with E-state index in [1.807, 2.05) is 4.90 Å². The molecule has 0 spiro atoms. The van der Waals surface area contributed by atoms with Crippen molar-refractivity contribution < 1.29 is 4.79 Å². The standard InChI is InChI=1S/C11H12BrNO/c1-8-4-10(12)5-9-6-13(7-14)3-2-11(8)9/h4-5,7H,2-3,6H2,1H3. The van der Waals surface area contributed by atoms with E-state index in [1.165, 1.54) is 16.7 Å². The molecule has 0 saturated carbocycles. The summed E-state index contributed by atoms with van der Waals surface area (Å²) in [5, 5.41) is 0. The Morgan fingerprint density at radius 3 is 3.00 bits per heavy atom. The molecule has 1 heterocycles. The molecule has 0 aliphatic carbocycles. The van der Waals surface area contributed by atoms with Crippen LogP contribution in [-0.2, 0) is 17.8 Å². The lowest BCUT2D eigenvalue weighted by Crippen LogP contribution is -2.29. The molecular formula is C11H12BrNO. The molecule has 0 atom stereocenters. The average molecular weight is 254 g/mol. The molecule has 3 heteroatoms. The summed E-state index contributed by atoms with van der Waals surface area (Å²) in [5.74, 6) is 0. The first-order valence-electron chi connectivity index (χ1n) is 4.68. The van der Waals surface area contributed by atoms with E-state index in [0.29, 0.717) is 0 Å². The third-order valence-corrected chi connectivity index (χ3v) is 3.16. The van der Waals surface area contributed by atoms with Crippen molar-refractivity contribution in [3.05, 3.63) is 33.3 Å². The number of hydrogen-bond acceptors (Lipinski definition) is 1. The Morgan fingerprint density at radius 2 is 2.29 bits per heavy atom. The van der Waals surface area contributed by atoms with Gasteiger partial charge in [-0.25, -0.2) is 0 Å². The number of fused-ring (bicyclic) bond motifs is 1. The highest BCUT2D eigenvalue weighted by Gasteiger charge is 2.16. The predicted octanol–water partition coefficient (Wildman–Crippen LogP) is 2.27. The van der Waals surface area contributed by atoms with Crippen LogP contribution in [-0.4, -0.2) is 17.9 Å². The van der Waals surface area contributed by atoms with Gasteiger partial charge in [0.25, 0.3) is 0 Å². The second-order valence-electron chi connectivity index (χ2n) is 3.69. The van der Waals surface area contributed by atoms with Crippen LogP contribution in [0.15, 0.2) is 16.6 Å². The number of benzene rings is 1. The molecule has 0 unspecified atom stereocenters. The molecule has 0 radical (unpaired) electrons. The molecule has 1 aliphatic heterocycles. The largest absolute Gasteiger partial charge is 0.341 e. The van der Waals surface area contributed by atoms with E-state index in [-0.39, 0.29) is 0 Å². The number of amides is 1. The van der Waals surface area contributed by atoms with E-state index in [4.69, 9.17) is 0 Å². The highest BCUT2D eigenvalue weighted by atomic mass is 79.9. The molecule has 2 nitrogen and oxygen atoms in total. The second kappa shape index (κ2) is 3.73. The van der Waals surface area contributed by atoms with E-state index in [2.05, 4.69) is 35.0 Å². The van der Waals surface area contributed by atoms with Gasteiger partial charge in [-0.3, -0.25) is 4.79 Å². The molecule has 14 heavy (non-hydrogen) atoms. The number of hydrogen-bond donors (Lipinski definition) is 0. The van der Waals surface area contributed by atoms with Crippen LogP contribution in [0, 0.1) is 6.92 Å². The zero-order chi connectivity index (χ0) is 10.1. The molecular weight excluding hydrogens is 242 g/mol. The number of halogens is 1. The first-order valence-corrected chi connectivity index (χ1v) is 5.47. The van der Waals surface area contributed by atoms with Crippen molar-refractivity contribution in [2.75, 3.05) is 6.54 Å². The maximum atomic E-state index is 10.7. The Labute approximate surface area is 92.0 Å². The fourth-order valence-corrected chi connectivity index (χ4v) is 2.60. The van der Waals surface area contributed by atoms with Crippen molar-refractivity contribution in [1.82, 2.24) is 4.90 Å². The van der Waals surface area contributed by atoms with Crippen molar-refractivity contribution in [1.29, 1.82) is 0 Å². The molecule has 1 aromatic rings. The van der Waals surface area contributed by atoms with Crippen LogP contribution in [0.2, 0.25) is 0 Å². The van der Waals surface area contributed by atoms with Gasteiger partial charge >= 0.3 is 0 Å². The summed E-state index contributed by atoms with van der Waals surface area (Å²) in [4.78, 5) is 12.5. The van der Waals surface area contributed by atoms with Gasteiger partial charge in [0.05, 0.1) is 0 Å². The molecule has 0 aromatic heterocycles. The minimum atomic E-state index is 0.749. The van der Waals surface area contributed by atoms with Crippen molar-refractivity contribution >= 4 is 22.3 Å². The number of rotatable bonds is 1. The van der Waals surface area contributed by atoms with Gasteiger partial charge in [-0.15, -0.1) is 0 Å². The SMILES string of the molecule is Cc1cc(Br)cc2c1CCN(C=O)C2. The summed E-state index contributed by atoms with van der Waals surface area (Å²) in [6.07, 6.45) is 1.91. The van der Waals surface area contributed by atoms with Crippen molar-refractivity contribution in [2.24, 2.45) is 0 Å². The number of nitrogens with zero attached hydrogens (tertiary/aromatic N) is 1. The Balaban J connectivity index is 2.41. The van der Waals surface area contributed by atoms with E-state index in [1.54, 1.807) is 0 Å². The van der Waals surface area contributed by atoms with Crippen LogP contribution in [0.1, 0.15) is 16.7 Å². The number of carbonyl (C=O) groups is 1. The zero-order valence-electron chi connectivity index (χ0n) is 8.09. The Hall–Kier alpha value is -0.830. The first kappa shape index (κ1) is 9.71. The van der Waals surface area contributed by atoms with Gasteiger partial charge in [0.15, 0.2) is 0 Å². The zero-order valence-corrected chi connectivity index (χ0v) is 9.67. The van der Waals surface area contributed by atoms with E-state index in [0.717, 1.165) is 30.4 Å². The van der Waals surface area contributed by atoms with Gasteiger partial charge < -0.3 is 4.90 Å². The number of aryl methyl sites for hydroxylation is 1. The summed E-state index contributed by atoms with van der Waals surface area (Å²) >= 11 is 3.48. The fraction of sp³-hybridized carbons (Fsp3) is 0.364. The highest BCUT2D eigenvalue weighted by Crippen LogP contribution is 2.25. The second-order valence-corrected chi connectivity index (χ2v) is 4.60. The van der Waals surface area contributed by atoms with Crippen molar-refractivity contribution in [3.63, 3.8) is 0 Å². The summed E-state index contributed by atoms with van der Waals surface area (Å²) in [6.45, 7) is 3.72. The Kier molecular flexibility index (Phi) is 2.59. The van der Waals surface area contributed by atoms with Gasteiger partial charge in [-0.1, -0.05) is 15.9 Å². The topological polar surface area (TPSA) is 20.3 Å². The van der Waals surface area contributed by atoms with Crippen LogP contribution in [0.3, 0.4) is 0 Å². The van der Waals surface area contributed by atoms with E-state index in [9.17, 15) is 4.79 Å². The lowest BCUT2D eigenvalue weighted by Gasteiger charge is -2.26. The first-order chi connectivity index (χ1) is 6.70. The van der Waals surface area contributed by atoms with Crippen molar-refractivity contribution in [3.8, 4) is 0 Å². The van der Waals surface area contributed by atoms with E-state index < -0.39 is 0 Å². The van der Waals surface area contributed by atoms with Gasteiger partial charge in [0, 0.05) is 17.6 Å². The molecule has 1 aliphatic rings. The predicted molar refractivity (Wildman–Crippen MR) is 59.1 cm³/mol. The van der Waals surface area contributed by atoms with Crippen molar-refractivity contribution in [2.45, 2.75) is 19.9 Å². The normalized spacial score (nSPS) is 15.1. The molecule has 0 N–H and O–H groups in total. The molecule has 0 fully saturated rings. The molecule has 1 amide bonds. The van der Waals surface area contributed by atoms with Gasteiger partial charge in [-0.05, 0) is 42.2 Å².